The monoisotopic (exact) mass is 330 g/mol. The lowest BCUT2D eigenvalue weighted by molar-refractivity contribution is -0.156. The van der Waals surface area contributed by atoms with Gasteiger partial charge in [0.25, 0.3) is 0 Å². The van der Waals surface area contributed by atoms with Crippen molar-refractivity contribution in [2.75, 3.05) is 0 Å². The summed E-state index contributed by atoms with van der Waals surface area (Å²) in [5.41, 5.74) is 4.76. The highest BCUT2D eigenvalue weighted by Crippen LogP contribution is 2.58. The molecule has 3 aliphatic rings. The molecule has 1 saturated heterocycles. The molecular formula is C23H22O2. The van der Waals surface area contributed by atoms with E-state index in [2.05, 4.69) is 60.7 Å². The van der Waals surface area contributed by atoms with Gasteiger partial charge in [-0.15, -0.1) is 0 Å². The molecule has 2 aliphatic carbocycles. The van der Waals surface area contributed by atoms with Crippen LogP contribution in [0.3, 0.4) is 0 Å². The van der Waals surface area contributed by atoms with Gasteiger partial charge in [0, 0.05) is 11.8 Å². The highest BCUT2D eigenvalue weighted by Gasteiger charge is 2.58. The van der Waals surface area contributed by atoms with Gasteiger partial charge in [0.2, 0.25) is 0 Å². The smallest absolute Gasteiger partial charge is 0.310 e. The van der Waals surface area contributed by atoms with E-state index in [0.29, 0.717) is 18.3 Å². The highest BCUT2D eigenvalue weighted by atomic mass is 16.6. The quantitative estimate of drug-likeness (QED) is 0.732. The van der Waals surface area contributed by atoms with Crippen molar-refractivity contribution in [1.29, 1.82) is 0 Å². The van der Waals surface area contributed by atoms with Gasteiger partial charge in [-0.2, -0.15) is 0 Å². The Morgan fingerprint density at radius 2 is 1.80 bits per heavy atom. The second-order valence-corrected chi connectivity index (χ2v) is 7.61. The number of carbonyl (C=O) groups excluding carboxylic acids is 1. The first-order valence-corrected chi connectivity index (χ1v) is 9.33. The molecule has 5 rings (SSSR count). The van der Waals surface area contributed by atoms with Gasteiger partial charge in [-0.3, -0.25) is 4.79 Å². The van der Waals surface area contributed by atoms with E-state index in [4.69, 9.17) is 4.74 Å². The van der Waals surface area contributed by atoms with Crippen LogP contribution in [-0.4, -0.2) is 11.6 Å². The first-order valence-electron chi connectivity index (χ1n) is 9.33. The molecule has 1 spiro atoms. The van der Waals surface area contributed by atoms with Gasteiger partial charge in [0.05, 0.1) is 6.42 Å². The van der Waals surface area contributed by atoms with E-state index in [1.54, 1.807) is 0 Å². The summed E-state index contributed by atoms with van der Waals surface area (Å²) in [5.74, 6) is 0.612. The number of benzene rings is 2. The third-order valence-corrected chi connectivity index (χ3v) is 6.32. The van der Waals surface area contributed by atoms with Crippen LogP contribution in [0.1, 0.15) is 48.3 Å². The molecule has 0 amide bonds. The van der Waals surface area contributed by atoms with Crippen molar-refractivity contribution in [3.05, 3.63) is 76.9 Å². The maximum Gasteiger partial charge on any atom is 0.310 e. The van der Waals surface area contributed by atoms with Gasteiger partial charge in [0.15, 0.2) is 0 Å². The minimum atomic E-state index is -0.417. The normalized spacial score (nSPS) is 29.9. The van der Waals surface area contributed by atoms with Crippen LogP contribution in [0, 0.1) is 5.92 Å². The standard InChI is InChI=1S/C23H22O2/c24-22-15-19-14-17-9-4-5-11-20(17)21-12-6-10-18(23(19,21)25-22)13-16-7-2-1-3-8-16/h1-5,7-9,11,14,18,21H,6,10,12-13,15H2. The molecule has 0 aromatic heterocycles. The predicted molar refractivity (Wildman–Crippen MR) is 98.1 cm³/mol. The van der Waals surface area contributed by atoms with Crippen molar-refractivity contribution in [2.45, 2.75) is 43.6 Å². The van der Waals surface area contributed by atoms with Gasteiger partial charge < -0.3 is 4.74 Å². The van der Waals surface area contributed by atoms with Gasteiger partial charge in [-0.05, 0) is 41.5 Å². The molecule has 2 nitrogen and oxygen atoms in total. The molecule has 1 saturated carbocycles. The molecule has 1 heterocycles. The van der Waals surface area contributed by atoms with E-state index in [9.17, 15) is 4.79 Å². The Morgan fingerprint density at radius 1 is 1.00 bits per heavy atom. The minimum absolute atomic E-state index is 0.0518. The minimum Gasteiger partial charge on any atom is -0.453 e. The summed E-state index contributed by atoms with van der Waals surface area (Å²) in [7, 11) is 0. The predicted octanol–water partition coefficient (Wildman–Crippen LogP) is 4.90. The largest absolute Gasteiger partial charge is 0.453 e. The molecule has 126 valence electrons. The van der Waals surface area contributed by atoms with Crippen LogP contribution in [0.2, 0.25) is 0 Å². The lowest BCUT2D eigenvalue weighted by Gasteiger charge is -2.49. The van der Waals surface area contributed by atoms with Gasteiger partial charge in [0.1, 0.15) is 5.60 Å². The van der Waals surface area contributed by atoms with Crippen molar-refractivity contribution in [3.8, 4) is 0 Å². The van der Waals surface area contributed by atoms with Gasteiger partial charge in [-0.25, -0.2) is 0 Å². The first kappa shape index (κ1) is 14.9. The van der Waals surface area contributed by atoms with Gasteiger partial charge in [-0.1, -0.05) is 67.1 Å². The zero-order valence-corrected chi connectivity index (χ0v) is 14.3. The van der Waals surface area contributed by atoms with Crippen LogP contribution in [0.4, 0.5) is 0 Å². The first-order chi connectivity index (χ1) is 12.3. The fraction of sp³-hybridized carbons (Fsp3) is 0.348. The highest BCUT2D eigenvalue weighted by molar-refractivity contribution is 5.83. The summed E-state index contributed by atoms with van der Waals surface area (Å²) < 4.78 is 6.19. The third kappa shape index (κ3) is 2.20. The molecule has 2 aromatic carbocycles. The number of hydrogen-bond donors (Lipinski definition) is 0. The van der Waals surface area contributed by atoms with E-state index in [0.717, 1.165) is 19.3 Å². The summed E-state index contributed by atoms with van der Waals surface area (Å²) in [6.07, 6.45) is 7.09. The number of ether oxygens (including phenoxy) is 1. The summed E-state index contributed by atoms with van der Waals surface area (Å²) >= 11 is 0. The summed E-state index contributed by atoms with van der Waals surface area (Å²) in [6, 6.07) is 19.2. The molecular weight excluding hydrogens is 308 g/mol. The average molecular weight is 330 g/mol. The second kappa shape index (κ2) is 5.59. The molecule has 25 heavy (non-hydrogen) atoms. The summed E-state index contributed by atoms with van der Waals surface area (Å²) in [4.78, 5) is 12.3. The average Bonchev–Trinajstić information content (AvgIpc) is 2.97. The lowest BCUT2D eigenvalue weighted by atomic mass is 9.59. The van der Waals surface area contributed by atoms with E-state index in [1.165, 1.54) is 28.7 Å². The molecule has 0 radical (unpaired) electrons. The third-order valence-electron chi connectivity index (χ3n) is 6.32. The maximum absolute atomic E-state index is 12.3. The second-order valence-electron chi connectivity index (χ2n) is 7.61. The number of esters is 1. The summed E-state index contributed by atoms with van der Waals surface area (Å²) in [5, 5.41) is 0. The molecule has 3 atom stereocenters. The van der Waals surface area contributed by atoms with Crippen molar-refractivity contribution in [3.63, 3.8) is 0 Å². The molecule has 1 aliphatic heterocycles. The Bertz CT molecular complexity index is 851. The molecule has 2 aromatic rings. The molecule has 2 fully saturated rings. The number of fused-ring (bicyclic) bond motifs is 2. The van der Waals surface area contributed by atoms with Crippen molar-refractivity contribution in [1.82, 2.24) is 0 Å². The van der Waals surface area contributed by atoms with Crippen LogP contribution in [0.15, 0.2) is 60.2 Å². The van der Waals surface area contributed by atoms with Crippen LogP contribution in [0.5, 0.6) is 0 Å². The SMILES string of the molecule is O=C1CC2=Cc3ccccc3C3CCCC(Cc4ccccc4)C23O1. The fourth-order valence-electron chi connectivity index (χ4n) is 5.36. The van der Waals surface area contributed by atoms with E-state index < -0.39 is 5.60 Å². The lowest BCUT2D eigenvalue weighted by Crippen LogP contribution is -2.50. The van der Waals surface area contributed by atoms with E-state index in [-0.39, 0.29) is 5.97 Å². The Hall–Kier alpha value is -2.35. The van der Waals surface area contributed by atoms with Crippen molar-refractivity contribution < 1.29 is 9.53 Å². The van der Waals surface area contributed by atoms with Crippen molar-refractivity contribution in [2.24, 2.45) is 5.92 Å². The summed E-state index contributed by atoms with van der Waals surface area (Å²) in [6.45, 7) is 0. The number of hydrogen-bond acceptors (Lipinski definition) is 2. The molecule has 2 heteroatoms. The molecule has 0 N–H and O–H groups in total. The fourth-order valence-corrected chi connectivity index (χ4v) is 5.36. The van der Waals surface area contributed by atoms with Crippen LogP contribution >= 0.6 is 0 Å². The maximum atomic E-state index is 12.3. The number of carbonyl (C=O) groups is 1. The topological polar surface area (TPSA) is 26.3 Å². The van der Waals surface area contributed by atoms with E-state index in [1.807, 2.05) is 0 Å². The Balaban J connectivity index is 1.63. The Kier molecular flexibility index (Phi) is 3.34. The molecule has 3 unspecified atom stereocenters. The Morgan fingerprint density at radius 3 is 2.68 bits per heavy atom. The zero-order chi connectivity index (χ0) is 16.9. The number of rotatable bonds is 2. The molecule has 0 bridgehead atoms. The van der Waals surface area contributed by atoms with Crippen LogP contribution < -0.4 is 0 Å². The van der Waals surface area contributed by atoms with Crippen LogP contribution in [-0.2, 0) is 16.0 Å². The van der Waals surface area contributed by atoms with Gasteiger partial charge >= 0.3 is 5.97 Å². The van der Waals surface area contributed by atoms with E-state index >= 15 is 0 Å². The van der Waals surface area contributed by atoms with Crippen molar-refractivity contribution >= 4 is 12.0 Å². The zero-order valence-electron chi connectivity index (χ0n) is 14.3. The Labute approximate surface area is 148 Å². The van der Waals surface area contributed by atoms with Crippen LogP contribution in [0.25, 0.3) is 6.08 Å².